The van der Waals surface area contributed by atoms with Crippen LogP contribution >= 0.6 is 0 Å². The minimum atomic E-state index is -0.228. The zero-order valence-corrected chi connectivity index (χ0v) is 9.34. The molecular formula is C11H25NO. The maximum absolute atomic E-state index is 9.91. The molecule has 0 aliphatic carbocycles. The van der Waals surface area contributed by atoms with E-state index in [1.807, 2.05) is 0 Å². The lowest BCUT2D eigenvalue weighted by Gasteiger charge is -2.32. The Kier molecular flexibility index (Phi) is 6.35. The first-order valence-electron chi connectivity index (χ1n) is 5.48. The van der Waals surface area contributed by atoms with E-state index in [2.05, 4.69) is 20.8 Å². The van der Waals surface area contributed by atoms with Crippen LogP contribution in [-0.2, 0) is 0 Å². The highest BCUT2D eigenvalue weighted by Gasteiger charge is 2.28. The van der Waals surface area contributed by atoms with Crippen LogP contribution in [0.3, 0.4) is 0 Å². The Morgan fingerprint density at radius 3 is 2.31 bits per heavy atom. The van der Waals surface area contributed by atoms with Crippen LogP contribution in [0.4, 0.5) is 0 Å². The maximum atomic E-state index is 9.91. The molecule has 0 amide bonds. The summed E-state index contributed by atoms with van der Waals surface area (Å²) < 4.78 is 0. The van der Waals surface area contributed by atoms with Crippen LogP contribution in [0.1, 0.15) is 52.9 Å². The second-order valence-corrected chi connectivity index (χ2v) is 4.22. The van der Waals surface area contributed by atoms with E-state index in [9.17, 15) is 5.11 Å². The smallest absolute Gasteiger partial charge is 0.0605 e. The molecule has 0 bridgehead atoms. The van der Waals surface area contributed by atoms with Crippen LogP contribution < -0.4 is 5.73 Å². The molecule has 0 aromatic rings. The van der Waals surface area contributed by atoms with E-state index in [1.165, 1.54) is 12.8 Å². The zero-order chi connectivity index (χ0) is 10.3. The van der Waals surface area contributed by atoms with E-state index in [4.69, 9.17) is 5.73 Å². The fourth-order valence-electron chi connectivity index (χ4n) is 1.45. The van der Waals surface area contributed by atoms with Crippen molar-refractivity contribution in [3.63, 3.8) is 0 Å². The molecule has 13 heavy (non-hydrogen) atoms. The molecule has 0 saturated heterocycles. The van der Waals surface area contributed by atoms with E-state index < -0.39 is 0 Å². The number of hydrogen-bond donors (Lipinski definition) is 2. The minimum absolute atomic E-state index is 0.0757. The number of aliphatic hydroxyl groups is 1. The maximum Gasteiger partial charge on any atom is 0.0605 e. The van der Waals surface area contributed by atoms with Crippen LogP contribution in [0.15, 0.2) is 0 Å². The summed E-state index contributed by atoms with van der Waals surface area (Å²) in [5.41, 5.74) is 5.59. The Morgan fingerprint density at radius 1 is 1.31 bits per heavy atom. The molecule has 0 aromatic heterocycles. The van der Waals surface area contributed by atoms with Crippen LogP contribution in [0.25, 0.3) is 0 Å². The van der Waals surface area contributed by atoms with Gasteiger partial charge in [-0.2, -0.15) is 0 Å². The third-order valence-corrected chi connectivity index (χ3v) is 3.16. The van der Waals surface area contributed by atoms with E-state index in [0.717, 1.165) is 19.3 Å². The number of hydrogen-bond acceptors (Lipinski definition) is 2. The molecule has 2 unspecified atom stereocenters. The number of unbranched alkanes of at least 4 members (excludes halogenated alkanes) is 2. The van der Waals surface area contributed by atoms with Crippen molar-refractivity contribution < 1.29 is 5.11 Å². The summed E-state index contributed by atoms with van der Waals surface area (Å²) in [5.74, 6) is 0. The van der Waals surface area contributed by atoms with Gasteiger partial charge in [0.25, 0.3) is 0 Å². The van der Waals surface area contributed by atoms with E-state index in [1.54, 1.807) is 0 Å². The average Bonchev–Trinajstić information content (AvgIpc) is 2.17. The number of rotatable bonds is 7. The lowest BCUT2D eigenvalue weighted by Crippen LogP contribution is -2.38. The van der Waals surface area contributed by atoms with Crippen molar-refractivity contribution in [2.75, 3.05) is 6.54 Å². The van der Waals surface area contributed by atoms with Gasteiger partial charge in [0.15, 0.2) is 0 Å². The van der Waals surface area contributed by atoms with Gasteiger partial charge in [-0.25, -0.2) is 0 Å². The standard InChI is InChI=1S/C11H25NO/c1-4-6-7-8-10(13)11(3,5-2)9-12/h10,13H,4-9,12H2,1-3H3. The van der Waals surface area contributed by atoms with Gasteiger partial charge < -0.3 is 10.8 Å². The van der Waals surface area contributed by atoms with Gasteiger partial charge in [-0.1, -0.05) is 40.0 Å². The van der Waals surface area contributed by atoms with Crippen molar-refractivity contribution in [1.82, 2.24) is 0 Å². The summed E-state index contributed by atoms with van der Waals surface area (Å²) >= 11 is 0. The average molecular weight is 187 g/mol. The molecular weight excluding hydrogens is 162 g/mol. The van der Waals surface area contributed by atoms with Crippen molar-refractivity contribution in [3.8, 4) is 0 Å². The first kappa shape index (κ1) is 12.9. The molecule has 0 fully saturated rings. The molecule has 0 saturated carbocycles. The molecule has 2 atom stereocenters. The van der Waals surface area contributed by atoms with Crippen LogP contribution in [0.2, 0.25) is 0 Å². The molecule has 0 aliphatic rings. The van der Waals surface area contributed by atoms with Gasteiger partial charge >= 0.3 is 0 Å². The van der Waals surface area contributed by atoms with Crippen molar-refractivity contribution in [2.45, 2.75) is 59.0 Å². The van der Waals surface area contributed by atoms with E-state index >= 15 is 0 Å². The number of nitrogens with two attached hydrogens (primary N) is 1. The highest BCUT2D eigenvalue weighted by atomic mass is 16.3. The predicted molar refractivity (Wildman–Crippen MR) is 57.6 cm³/mol. The lowest BCUT2D eigenvalue weighted by atomic mass is 9.79. The summed E-state index contributed by atoms with van der Waals surface area (Å²) in [4.78, 5) is 0. The Morgan fingerprint density at radius 2 is 1.92 bits per heavy atom. The lowest BCUT2D eigenvalue weighted by molar-refractivity contribution is 0.0316. The summed E-state index contributed by atoms with van der Waals surface area (Å²) in [6, 6.07) is 0. The van der Waals surface area contributed by atoms with Crippen LogP contribution in [0.5, 0.6) is 0 Å². The van der Waals surface area contributed by atoms with Crippen molar-refractivity contribution in [2.24, 2.45) is 11.1 Å². The minimum Gasteiger partial charge on any atom is -0.393 e. The SMILES string of the molecule is CCCCCC(O)C(C)(CC)CN. The fraction of sp³-hybridized carbons (Fsp3) is 1.00. The van der Waals surface area contributed by atoms with Crippen LogP contribution in [-0.4, -0.2) is 17.8 Å². The highest BCUT2D eigenvalue weighted by molar-refractivity contribution is 4.81. The van der Waals surface area contributed by atoms with Crippen LogP contribution in [0, 0.1) is 5.41 Å². The predicted octanol–water partition coefficient (Wildman–Crippen LogP) is 2.30. The normalized spacial score (nSPS) is 18.2. The van der Waals surface area contributed by atoms with Gasteiger partial charge in [0, 0.05) is 12.0 Å². The Hall–Kier alpha value is -0.0800. The van der Waals surface area contributed by atoms with Gasteiger partial charge in [-0.3, -0.25) is 0 Å². The van der Waals surface area contributed by atoms with E-state index in [0.29, 0.717) is 6.54 Å². The second-order valence-electron chi connectivity index (χ2n) is 4.22. The molecule has 0 aromatic carbocycles. The summed E-state index contributed by atoms with van der Waals surface area (Å²) in [7, 11) is 0. The summed E-state index contributed by atoms with van der Waals surface area (Å²) in [5, 5.41) is 9.91. The molecule has 0 rings (SSSR count). The first-order valence-corrected chi connectivity index (χ1v) is 5.48. The van der Waals surface area contributed by atoms with E-state index in [-0.39, 0.29) is 11.5 Å². The molecule has 0 heterocycles. The third-order valence-electron chi connectivity index (χ3n) is 3.16. The molecule has 0 spiro atoms. The van der Waals surface area contributed by atoms with Crippen molar-refractivity contribution in [3.05, 3.63) is 0 Å². The molecule has 2 nitrogen and oxygen atoms in total. The molecule has 2 heteroatoms. The molecule has 80 valence electrons. The van der Waals surface area contributed by atoms with Gasteiger partial charge in [0.2, 0.25) is 0 Å². The van der Waals surface area contributed by atoms with Gasteiger partial charge in [-0.05, 0) is 12.8 Å². The van der Waals surface area contributed by atoms with Gasteiger partial charge in [0.1, 0.15) is 0 Å². The van der Waals surface area contributed by atoms with Gasteiger partial charge in [-0.15, -0.1) is 0 Å². The molecule has 3 N–H and O–H groups in total. The largest absolute Gasteiger partial charge is 0.393 e. The summed E-state index contributed by atoms with van der Waals surface area (Å²) in [6.45, 7) is 6.92. The monoisotopic (exact) mass is 187 g/mol. The first-order chi connectivity index (χ1) is 6.10. The fourth-order valence-corrected chi connectivity index (χ4v) is 1.45. The Bertz CT molecular complexity index is 121. The zero-order valence-electron chi connectivity index (χ0n) is 9.34. The highest BCUT2D eigenvalue weighted by Crippen LogP contribution is 2.27. The Labute approximate surface area is 82.5 Å². The van der Waals surface area contributed by atoms with Crippen molar-refractivity contribution in [1.29, 1.82) is 0 Å². The van der Waals surface area contributed by atoms with Gasteiger partial charge in [0.05, 0.1) is 6.10 Å². The summed E-state index contributed by atoms with van der Waals surface area (Å²) in [6.07, 6.45) is 5.16. The Balaban J connectivity index is 3.84. The topological polar surface area (TPSA) is 46.2 Å². The molecule has 0 radical (unpaired) electrons. The van der Waals surface area contributed by atoms with Crippen molar-refractivity contribution >= 4 is 0 Å². The number of aliphatic hydroxyl groups excluding tert-OH is 1. The second kappa shape index (κ2) is 6.39. The quantitative estimate of drug-likeness (QED) is 0.601. The third kappa shape index (κ3) is 4.10. The molecule has 0 aliphatic heterocycles.